The molecule has 0 bridgehead atoms. The van der Waals surface area contributed by atoms with E-state index in [2.05, 4.69) is 10.2 Å². The minimum Gasteiger partial charge on any atom is -0.289 e. The molecule has 3 rings (SSSR count). The van der Waals surface area contributed by atoms with Crippen molar-refractivity contribution in [1.82, 2.24) is 10.2 Å². The van der Waals surface area contributed by atoms with Gasteiger partial charge in [0.2, 0.25) is 0 Å². The maximum absolute atomic E-state index is 12.4. The van der Waals surface area contributed by atoms with Crippen LogP contribution in [-0.4, -0.2) is 16.0 Å². The zero-order valence-electron chi connectivity index (χ0n) is 11.0. The molecule has 0 saturated heterocycles. The largest absolute Gasteiger partial charge is 0.289 e. The predicted octanol–water partition coefficient (Wildman–Crippen LogP) is 4.03. The van der Waals surface area contributed by atoms with Crippen molar-refractivity contribution in [2.75, 3.05) is 0 Å². The van der Waals surface area contributed by atoms with Gasteiger partial charge in [0.15, 0.2) is 5.78 Å². The summed E-state index contributed by atoms with van der Waals surface area (Å²) in [6.07, 6.45) is 1.48. The maximum Gasteiger partial charge on any atom is 0.194 e. The van der Waals surface area contributed by atoms with E-state index < -0.39 is 0 Å². The third kappa shape index (κ3) is 2.98. The van der Waals surface area contributed by atoms with Crippen molar-refractivity contribution in [3.8, 4) is 11.3 Å². The normalized spacial score (nSPS) is 10.3. The van der Waals surface area contributed by atoms with Crippen molar-refractivity contribution in [3.63, 3.8) is 0 Å². The van der Waals surface area contributed by atoms with Crippen LogP contribution >= 0.6 is 11.6 Å². The lowest BCUT2D eigenvalue weighted by atomic mass is 10.0. The number of aromatic nitrogens is 2. The summed E-state index contributed by atoms with van der Waals surface area (Å²) in [5.41, 5.74) is 2.66. The van der Waals surface area contributed by atoms with Crippen molar-refractivity contribution >= 4 is 17.4 Å². The van der Waals surface area contributed by atoms with Crippen molar-refractivity contribution in [3.05, 3.63) is 83.0 Å². The Hall–Kier alpha value is -2.52. The molecule has 0 aliphatic rings. The van der Waals surface area contributed by atoms with E-state index in [1.807, 2.05) is 30.3 Å². The average molecular weight is 295 g/mol. The molecule has 2 aromatic carbocycles. The molecule has 0 N–H and O–H groups in total. The SMILES string of the molecule is O=C(c1ccccc1)c1cnnc(-c2ccc(Cl)cc2)c1. The van der Waals surface area contributed by atoms with Crippen molar-refractivity contribution in [1.29, 1.82) is 0 Å². The minimum atomic E-state index is -0.0688. The monoisotopic (exact) mass is 294 g/mol. The van der Waals surface area contributed by atoms with Crippen molar-refractivity contribution in [2.24, 2.45) is 0 Å². The second-order valence-corrected chi connectivity index (χ2v) is 4.97. The van der Waals surface area contributed by atoms with Gasteiger partial charge in [0, 0.05) is 21.7 Å². The van der Waals surface area contributed by atoms with Crippen LogP contribution in [0.25, 0.3) is 11.3 Å². The van der Waals surface area contributed by atoms with Gasteiger partial charge in [-0.1, -0.05) is 54.1 Å². The van der Waals surface area contributed by atoms with Gasteiger partial charge in [-0.05, 0) is 18.2 Å². The lowest BCUT2D eigenvalue weighted by molar-refractivity contribution is 0.103. The Morgan fingerprint density at radius 2 is 1.62 bits per heavy atom. The minimum absolute atomic E-state index is 0.0688. The van der Waals surface area contributed by atoms with E-state index in [1.54, 1.807) is 30.3 Å². The number of halogens is 1. The van der Waals surface area contributed by atoms with Crippen LogP contribution in [0.1, 0.15) is 15.9 Å². The Morgan fingerprint density at radius 1 is 0.905 bits per heavy atom. The standard InChI is InChI=1S/C17H11ClN2O/c18-15-8-6-12(7-9-15)16-10-14(11-19-20-16)17(21)13-4-2-1-3-5-13/h1-11H. The van der Waals surface area contributed by atoms with E-state index in [9.17, 15) is 4.79 Å². The number of ketones is 1. The Morgan fingerprint density at radius 3 is 2.33 bits per heavy atom. The third-order valence-corrected chi connectivity index (χ3v) is 3.34. The average Bonchev–Trinajstić information content (AvgIpc) is 2.56. The van der Waals surface area contributed by atoms with Gasteiger partial charge in [-0.25, -0.2) is 0 Å². The van der Waals surface area contributed by atoms with Gasteiger partial charge in [0.25, 0.3) is 0 Å². The number of nitrogens with zero attached hydrogens (tertiary/aromatic N) is 2. The van der Waals surface area contributed by atoms with Gasteiger partial charge < -0.3 is 0 Å². The number of rotatable bonds is 3. The third-order valence-electron chi connectivity index (χ3n) is 3.09. The zero-order valence-corrected chi connectivity index (χ0v) is 11.8. The molecule has 0 aliphatic heterocycles. The molecule has 21 heavy (non-hydrogen) atoms. The van der Waals surface area contributed by atoms with Gasteiger partial charge in [-0.2, -0.15) is 10.2 Å². The number of benzene rings is 2. The van der Waals surface area contributed by atoms with Crippen LogP contribution in [0.4, 0.5) is 0 Å². The molecule has 0 fully saturated rings. The maximum atomic E-state index is 12.4. The van der Waals surface area contributed by atoms with Crippen molar-refractivity contribution in [2.45, 2.75) is 0 Å². The van der Waals surface area contributed by atoms with Crippen molar-refractivity contribution < 1.29 is 4.79 Å². The van der Waals surface area contributed by atoms with Crippen LogP contribution in [0.15, 0.2) is 66.9 Å². The topological polar surface area (TPSA) is 42.9 Å². The highest BCUT2D eigenvalue weighted by Gasteiger charge is 2.11. The fraction of sp³-hybridized carbons (Fsp3) is 0. The lowest BCUT2D eigenvalue weighted by Crippen LogP contribution is -2.03. The predicted molar refractivity (Wildman–Crippen MR) is 82.4 cm³/mol. The molecular formula is C17H11ClN2O. The quantitative estimate of drug-likeness (QED) is 0.685. The Labute approximate surface area is 127 Å². The van der Waals surface area contributed by atoms with Crippen LogP contribution in [0.2, 0.25) is 5.02 Å². The van der Waals surface area contributed by atoms with E-state index in [0.29, 0.717) is 21.8 Å². The molecule has 102 valence electrons. The first-order valence-corrected chi connectivity index (χ1v) is 6.80. The molecule has 3 aromatic rings. The van der Waals surface area contributed by atoms with Crippen LogP contribution in [0.5, 0.6) is 0 Å². The summed E-state index contributed by atoms with van der Waals surface area (Å²) in [6.45, 7) is 0. The number of hydrogen-bond donors (Lipinski definition) is 0. The van der Waals surface area contributed by atoms with Gasteiger partial charge in [0.1, 0.15) is 0 Å². The summed E-state index contributed by atoms with van der Waals surface area (Å²) in [4.78, 5) is 12.4. The van der Waals surface area contributed by atoms with E-state index >= 15 is 0 Å². The van der Waals surface area contributed by atoms with Crippen LogP contribution in [-0.2, 0) is 0 Å². The van der Waals surface area contributed by atoms with E-state index in [1.165, 1.54) is 6.20 Å². The summed E-state index contributed by atoms with van der Waals surface area (Å²) in [7, 11) is 0. The van der Waals surface area contributed by atoms with Gasteiger partial charge in [-0.3, -0.25) is 4.79 Å². The smallest absolute Gasteiger partial charge is 0.194 e. The lowest BCUT2D eigenvalue weighted by Gasteiger charge is -2.04. The molecular weight excluding hydrogens is 284 g/mol. The molecule has 0 radical (unpaired) electrons. The fourth-order valence-corrected chi connectivity index (χ4v) is 2.13. The van der Waals surface area contributed by atoms with Gasteiger partial charge >= 0.3 is 0 Å². The molecule has 3 nitrogen and oxygen atoms in total. The van der Waals surface area contributed by atoms with E-state index in [4.69, 9.17) is 11.6 Å². The second-order valence-electron chi connectivity index (χ2n) is 4.53. The molecule has 0 unspecified atom stereocenters. The van der Waals surface area contributed by atoms with Crippen LogP contribution in [0.3, 0.4) is 0 Å². The molecule has 0 spiro atoms. The van der Waals surface area contributed by atoms with Gasteiger partial charge in [-0.15, -0.1) is 0 Å². The van der Waals surface area contributed by atoms with E-state index in [0.717, 1.165) is 5.56 Å². The molecule has 0 aliphatic carbocycles. The summed E-state index contributed by atoms with van der Waals surface area (Å²) in [5, 5.41) is 8.65. The number of carbonyl (C=O) groups excluding carboxylic acids is 1. The number of hydrogen-bond acceptors (Lipinski definition) is 3. The molecule has 0 saturated carbocycles. The van der Waals surface area contributed by atoms with E-state index in [-0.39, 0.29) is 5.78 Å². The summed E-state index contributed by atoms with van der Waals surface area (Å²) in [6, 6.07) is 18.1. The molecule has 1 heterocycles. The highest BCUT2D eigenvalue weighted by molar-refractivity contribution is 6.30. The first kappa shape index (κ1) is 13.5. The Balaban J connectivity index is 1.97. The van der Waals surface area contributed by atoms with Gasteiger partial charge in [0.05, 0.1) is 11.9 Å². The molecule has 4 heteroatoms. The first-order chi connectivity index (χ1) is 10.2. The first-order valence-electron chi connectivity index (χ1n) is 6.42. The fourth-order valence-electron chi connectivity index (χ4n) is 2.01. The Kier molecular flexibility index (Phi) is 3.75. The van der Waals surface area contributed by atoms with Crippen LogP contribution < -0.4 is 0 Å². The summed E-state index contributed by atoms with van der Waals surface area (Å²) < 4.78 is 0. The summed E-state index contributed by atoms with van der Waals surface area (Å²) >= 11 is 5.87. The number of carbonyl (C=O) groups is 1. The second kappa shape index (κ2) is 5.85. The highest BCUT2D eigenvalue weighted by Crippen LogP contribution is 2.20. The Bertz CT molecular complexity index is 770. The van der Waals surface area contributed by atoms with Crippen LogP contribution in [0, 0.1) is 0 Å². The summed E-state index contributed by atoms with van der Waals surface area (Å²) in [5.74, 6) is -0.0688. The zero-order chi connectivity index (χ0) is 14.7. The molecule has 1 aromatic heterocycles. The highest BCUT2D eigenvalue weighted by atomic mass is 35.5. The molecule has 0 atom stereocenters. The molecule has 0 amide bonds.